The summed E-state index contributed by atoms with van der Waals surface area (Å²) in [5.74, 6) is 0. The van der Waals surface area contributed by atoms with Crippen molar-refractivity contribution in [1.82, 2.24) is 0 Å². The Morgan fingerprint density at radius 3 is 1.27 bits per heavy atom. The minimum atomic E-state index is 0.263. The molecule has 0 unspecified atom stereocenters. The van der Waals surface area contributed by atoms with Crippen molar-refractivity contribution in [3.8, 4) is 0 Å². The monoisotopic (exact) mass is 536 g/mol. The number of allylic oxidation sites excluding steroid dienone is 6. The van der Waals surface area contributed by atoms with Crippen LogP contribution in [-0.2, 0) is 0 Å². The third kappa shape index (κ3) is 10.1. The van der Waals surface area contributed by atoms with Gasteiger partial charge in [0.05, 0.1) is 12.1 Å². The molecule has 2 aromatic carbocycles. The molecule has 2 atom stereocenters. The number of aliphatic imine (C=N–C) groups is 2. The third-order valence-corrected chi connectivity index (χ3v) is 7.49. The molecule has 1 saturated carbocycles. The van der Waals surface area contributed by atoms with Crippen LogP contribution in [0.4, 0.5) is 11.4 Å². The first-order chi connectivity index (χ1) is 19.7. The highest BCUT2D eigenvalue weighted by Crippen LogP contribution is 2.23. The Balaban J connectivity index is 1.46. The second kappa shape index (κ2) is 17.8. The summed E-state index contributed by atoms with van der Waals surface area (Å²) >= 11 is 0. The summed E-state index contributed by atoms with van der Waals surface area (Å²) in [6, 6.07) is 18.0. The van der Waals surface area contributed by atoms with Gasteiger partial charge >= 0.3 is 0 Å². The average Bonchev–Trinajstić information content (AvgIpc) is 3.00. The van der Waals surface area contributed by atoms with Crippen molar-refractivity contribution in [3.63, 3.8) is 0 Å². The minimum absolute atomic E-state index is 0.263. The van der Waals surface area contributed by atoms with Gasteiger partial charge in [-0.2, -0.15) is 0 Å². The van der Waals surface area contributed by atoms with E-state index in [1.807, 2.05) is 24.6 Å². The van der Waals surface area contributed by atoms with Crippen LogP contribution in [-0.4, -0.2) is 50.7 Å². The van der Waals surface area contributed by atoms with Gasteiger partial charge in [-0.3, -0.25) is 9.98 Å². The van der Waals surface area contributed by atoms with Crippen LogP contribution in [0.1, 0.15) is 64.5 Å². The Bertz CT molecular complexity index is 1050. The largest absolute Gasteiger partial charge is 0.372 e. The number of hydrogen-bond acceptors (Lipinski definition) is 4. The molecule has 212 valence electrons. The van der Waals surface area contributed by atoms with Crippen molar-refractivity contribution in [3.05, 3.63) is 96.1 Å². The Morgan fingerprint density at radius 1 is 0.550 bits per heavy atom. The van der Waals surface area contributed by atoms with E-state index in [0.29, 0.717) is 0 Å². The highest BCUT2D eigenvalue weighted by molar-refractivity contribution is 5.73. The second-order valence-electron chi connectivity index (χ2n) is 10.0. The van der Waals surface area contributed by atoms with Crippen LogP contribution in [0.2, 0.25) is 0 Å². The van der Waals surface area contributed by atoms with Crippen LogP contribution >= 0.6 is 0 Å². The molecule has 0 heterocycles. The van der Waals surface area contributed by atoms with Crippen LogP contribution in [0.25, 0.3) is 12.2 Å². The van der Waals surface area contributed by atoms with Crippen molar-refractivity contribution in [2.24, 2.45) is 9.98 Å². The summed E-state index contributed by atoms with van der Waals surface area (Å²) in [4.78, 5) is 14.4. The summed E-state index contributed by atoms with van der Waals surface area (Å²) in [6.45, 7) is 12.9. The lowest BCUT2D eigenvalue weighted by atomic mass is 9.91. The molecular formula is C36H48N4. The molecule has 4 nitrogen and oxygen atoms in total. The van der Waals surface area contributed by atoms with Crippen LogP contribution in [0.5, 0.6) is 0 Å². The van der Waals surface area contributed by atoms with Gasteiger partial charge in [0, 0.05) is 50.0 Å². The lowest BCUT2D eigenvalue weighted by molar-refractivity contribution is 0.390. The van der Waals surface area contributed by atoms with Gasteiger partial charge in [-0.05, 0) is 88.1 Å². The maximum absolute atomic E-state index is 4.84. The van der Waals surface area contributed by atoms with E-state index in [2.05, 4.69) is 122 Å². The molecule has 0 aromatic heterocycles. The van der Waals surface area contributed by atoms with Gasteiger partial charge in [0.25, 0.3) is 0 Å². The zero-order valence-electron chi connectivity index (χ0n) is 25.0. The van der Waals surface area contributed by atoms with Gasteiger partial charge in [0.1, 0.15) is 0 Å². The van der Waals surface area contributed by atoms with Crippen LogP contribution < -0.4 is 9.80 Å². The van der Waals surface area contributed by atoms with E-state index in [1.165, 1.54) is 35.3 Å². The minimum Gasteiger partial charge on any atom is -0.372 e. The highest BCUT2D eigenvalue weighted by atomic mass is 15.1. The van der Waals surface area contributed by atoms with Crippen molar-refractivity contribution in [2.75, 3.05) is 36.0 Å². The molecule has 0 bridgehead atoms. The summed E-state index contributed by atoms with van der Waals surface area (Å²) in [6.07, 6.45) is 25.1. The van der Waals surface area contributed by atoms with Gasteiger partial charge in [-0.1, -0.05) is 73.6 Å². The summed E-state index contributed by atoms with van der Waals surface area (Å²) in [5.41, 5.74) is 4.96. The summed E-state index contributed by atoms with van der Waals surface area (Å²) < 4.78 is 0. The molecular weight excluding hydrogens is 488 g/mol. The molecule has 0 aliphatic heterocycles. The fourth-order valence-corrected chi connectivity index (χ4v) is 5.09. The van der Waals surface area contributed by atoms with Crippen LogP contribution in [0, 0.1) is 0 Å². The molecule has 1 aliphatic carbocycles. The van der Waals surface area contributed by atoms with Gasteiger partial charge in [0.2, 0.25) is 0 Å². The Morgan fingerprint density at radius 2 is 0.925 bits per heavy atom. The summed E-state index contributed by atoms with van der Waals surface area (Å²) in [5, 5.41) is 0. The lowest BCUT2D eigenvalue weighted by Gasteiger charge is -2.25. The molecule has 4 heteroatoms. The quantitative estimate of drug-likeness (QED) is 0.179. The molecule has 3 rings (SSSR count). The van der Waals surface area contributed by atoms with Gasteiger partial charge in [0.15, 0.2) is 0 Å². The maximum Gasteiger partial charge on any atom is 0.0722 e. The number of hydrogen-bond donors (Lipinski definition) is 0. The zero-order chi connectivity index (χ0) is 28.4. The first kappa shape index (κ1) is 30.9. The normalized spacial score (nSPS) is 18.4. The molecule has 0 amide bonds. The van der Waals surface area contributed by atoms with Gasteiger partial charge in [-0.15, -0.1) is 0 Å². The first-order valence-electron chi connectivity index (χ1n) is 15.1. The zero-order valence-corrected chi connectivity index (χ0v) is 25.0. The molecule has 0 N–H and O–H groups in total. The van der Waals surface area contributed by atoms with Gasteiger partial charge < -0.3 is 9.80 Å². The van der Waals surface area contributed by atoms with Crippen LogP contribution in [0.15, 0.2) is 95.0 Å². The third-order valence-electron chi connectivity index (χ3n) is 7.49. The van der Waals surface area contributed by atoms with Crippen molar-refractivity contribution in [1.29, 1.82) is 0 Å². The smallest absolute Gasteiger partial charge is 0.0722 e. The molecule has 1 fully saturated rings. The fraction of sp³-hybridized carbons (Fsp3) is 0.389. The Labute approximate surface area is 243 Å². The van der Waals surface area contributed by atoms with Crippen molar-refractivity contribution >= 4 is 36.0 Å². The summed E-state index contributed by atoms with van der Waals surface area (Å²) in [7, 11) is 0. The van der Waals surface area contributed by atoms with E-state index in [1.54, 1.807) is 0 Å². The van der Waals surface area contributed by atoms with Crippen molar-refractivity contribution in [2.45, 2.75) is 65.5 Å². The number of rotatable bonds is 14. The van der Waals surface area contributed by atoms with E-state index in [-0.39, 0.29) is 12.1 Å². The van der Waals surface area contributed by atoms with E-state index in [0.717, 1.165) is 39.0 Å². The maximum atomic E-state index is 4.84. The van der Waals surface area contributed by atoms with E-state index in [9.17, 15) is 0 Å². The molecule has 0 spiro atoms. The van der Waals surface area contributed by atoms with E-state index >= 15 is 0 Å². The Hall–Kier alpha value is -3.66. The molecule has 1 aliphatic rings. The first-order valence-corrected chi connectivity index (χ1v) is 15.1. The molecule has 0 saturated heterocycles. The van der Waals surface area contributed by atoms with E-state index in [4.69, 9.17) is 9.98 Å². The fourth-order valence-electron chi connectivity index (χ4n) is 5.09. The topological polar surface area (TPSA) is 31.2 Å². The van der Waals surface area contributed by atoms with Gasteiger partial charge in [-0.25, -0.2) is 0 Å². The lowest BCUT2D eigenvalue weighted by Crippen LogP contribution is -2.26. The Kier molecular flexibility index (Phi) is 13.8. The molecule has 0 radical (unpaired) electrons. The highest BCUT2D eigenvalue weighted by Gasteiger charge is 2.22. The standard InChI is InChI=1S/C36H48N4/c1-5-39(6-2)33-25-21-31(22-26-33)17-11-9-15-29-37-35-19-13-14-20-36(35)38-30-16-10-12-18-32-23-27-34(28-24-32)40(7-3)8-4/h9-12,15-18,21-30,35-36H,5-8,13-14,19-20H2,1-4H3/b15-9+,16-10+,17-11-,18-12-,37-29?,38-30?/t35-,36-/m1/s1. The SMILES string of the molecule is CCN(CC)c1ccc(/C=C\C=C\C=N[C@@H]2CCCC[C@H]2N=C/C=C/C=C\c2ccc(N(CC)CC)cc2)cc1. The average molecular weight is 537 g/mol. The predicted molar refractivity (Wildman–Crippen MR) is 179 cm³/mol. The molecule has 40 heavy (non-hydrogen) atoms. The van der Waals surface area contributed by atoms with Crippen LogP contribution in [0.3, 0.4) is 0 Å². The number of anilines is 2. The van der Waals surface area contributed by atoms with Crippen molar-refractivity contribution < 1.29 is 0 Å². The molecule has 2 aromatic rings. The predicted octanol–water partition coefficient (Wildman–Crippen LogP) is 8.67. The second-order valence-corrected chi connectivity index (χ2v) is 10.0. The number of benzene rings is 2. The number of nitrogens with zero attached hydrogens (tertiary/aromatic N) is 4. The van der Waals surface area contributed by atoms with E-state index < -0.39 is 0 Å².